The quantitative estimate of drug-likeness (QED) is 0.478. The zero-order valence-electron chi connectivity index (χ0n) is 12.3. The lowest BCUT2D eigenvalue weighted by Gasteiger charge is -2.20. The average Bonchev–Trinajstić information content (AvgIpc) is 2.89. The van der Waals surface area contributed by atoms with E-state index >= 15 is 0 Å². The number of methoxy groups -OCH3 is 1. The Hall–Kier alpha value is -1.60. The van der Waals surface area contributed by atoms with Crippen molar-refractivity contribution in [1.82, 2.24) is 14.6 Å². The number of aromatic nitrogens is 3. The van der Waals surface area contributed by atoms with Crippen molar-refractivity contribution in [2.24, 2.45) is 5.73 Å². The number of nitrogens with zero attached hydrogens (tertiary/aromatic N) is 3. The van der Waals surface area contributed by atoms with E-state index in [1.807, 2.05) is 28.8 Å². The van der Waals surface area contributed by atoms with Crippen LogP contribution < -0.4 is 5.73 Å². The molecule has 0 saturated heterocycles. The molecule has 0 saturated carbocycles. The number of thioether (sulfide) groups is 1. The number of esters is 1. The van der Waals surface area contributed by atoms with Crippen molar-refractivity contribution in [3.8, 4) is 0 Å². The number of carbonyl (C=O) groups is 1. The van der Waals surface area contributed by atoms with Crippen molar-refractivity contribution in [3.63, 3.8) is 0 Å². The second-order valence-corrected chi connectivity index (χ2v) is 6.19. The number of rotatable bonds is 7. The molecule has 114 valence electrons. The van der Waals surface area contributed by atoms with Gasteiger partial charge in [-0.05, 0) is 31.9 Å². The van der Waals surface area contributed by atoms with E-state index < -0.39 is 5.54 Å². The lowest BCUT2D eigenvalue weighted by atomic mass is 9.97. The second-order valence-electron chi connectivity index (χ2n) is 5.13. The Morgan fingerprint density at radius 3 is 3.00 bits per heavy atom. The van der Waals surface area contributed by atoms with E-state index in [1.54, 1.807) is 18.7 Å². The smallest absolute Gasteiger partial charge is 0.325 e. The first-order chi connectivity index (χ1) is 10.0. The van der Waals surface area contributed by atoms with Crippen molar-refractivity contribution in [2.75, 3.05) is 12.9 Å². The van der Waals surface area contributed by atoms with Crippen molar-refractivity contribution in [2.45, 2.75) is 36.9 Å². The van der Waals surface area contributed by atoms with Crippen LogP contribution in [0.1, 0.15) is 26.2 Å². The Bertz CT molecular complexity index is 612. The predicted molar refractivity (Wildman–Crippen MR) is 82.2 cm³/mol. The maximum atomic E-state index is 11.5. The van der Waals surface area contributed by atoms with Gasteiger partial charge >= 0.3 is 5.97 Å². The molecule has 7 heteroatoms. The van der Waals surface area contributed by atoms with Crippen LogP contribution in [-0.2, 0) is 9.53 Å². The summed E-state index contributed by atoms with van der Waals surface area (Å²) in [7, 11) is 1.36. The van der Waals surface area contributed by atoms with Gasteiger partial charge < -0.3 is 10.5 Å². The van der Waals surface area contributed by atoms with Gasteiger partial charge in [0, 0.05) is 11.9 Å². The van der Waals surface area contributed by atoms with E-state index in [-0.39, 0.29) is 5.97 Å². The number of fused-ring (bicyclic) bond motifs is 1. The van der Waals surface area contributed by atoms with E-state index in [0.717, 1.165) is 29.4 Å². The van der Waals surface area contributed by atoms with E-state index in [4.69, 9.17) is 5.73 Å². The minimum atomic E-state index is -0.902. The average molecular weight is 308 g/mol. The minimum Gasteiger partial charge on any atom is -0.468 e. The molecule has 2 heterocycles. The molecule has 0 amide bonds. The molecule has 2 N–H and O–H groups in total. The van der Waals surface area contributed by atoms with E-state index in [9.17, 15) is 4.79 Å². The topological polar surface area (TPSA) is 82.5 Å². The second kappa shape index (κ2) is 6.91. The first kappa shape index (κ1) is 15.8. The third-order valence-electron chi connectivity index (χ3n) is 3.26. The van der Waals surface area contributed by atoms with Gasteiger partial charge in [0.05, 0.1) is 7.11 Å². The highest BCUT2D eigenvalue weighted by Gasteiger charge is 2.28. The van der Waals surface area contributed by atoms with Crippen LogP contribution in [0.15, 0.2) is 29.6 Å². The van der Waals surface area contributed by atoms with Crippen LogP contribution in [0, 0.1) is 0 Å². The van der Waals surface area contributed by atoms with E-state index in [2.05, 4.69) is 14.9 Å². The number of carbonyl (C=O) groups excluding carboxylic acids is 1. The molecule has 0 fully saturated rings. The molecule has 0 aliphatic carbocycles. The third-order valence-corrected chi connectivity index (χ3v) is 4.29. The summed E-state index contributed by atoms with van der Waals surface area (Å²) in [5.74, 6) is 0.547. The van der Waals surface area contributed by atoms with Crippen LogP contribution in [-0.4, -0.2) is 39.0 Å². The number of nitrogens with two attached hydrogens (primary N) is 1. The molecular weight excluding hydrogens is 288 g/mol. The first-order valence-electron chi connectivity index (χ1n) is 6.84. The summed E-state index contributed by atoms with van der Waals surface area (Å²) < 4.78 is 6.65. The Kier molecular flexibility index (Phi) is 5.19. The van der Waals surface area contributed by atoms with Gasteiger partial charge in [-0.25, -0.2) is 0 Å². The molecule has 2 aromatic rings. The lowest BCUT2D eigenvalue weighted by molar-refractivity contribution is -0.146. The maximum Gasteiger partial charge on any atom is 0.325 e. The van der Waals surface area contributed by atoms with Crippen LogP contribution in [0.2, 0.25) is 0 Å². The molecule has 2 rings (SSSR count). The fraction of sp³-hybridized carbons (Fsp3) is 0.500. The number of pyridine rings is 1. The summed E-state index contributed by atoms with van der Waals surface area (Å²) in [6, 6.07) is 5.82. The summed E-state index contributed by atoms with van der Waals surface area (Å²) in [6.45, 7) is 1.71. The van der Waals surface area contributed by atoms with Crippen LogP contribution in [0.25, 0.3) is 5.65 Å². The molecule has 0 aliphatic rings. The zero-order chi connectivity index (χ0) is 15.3. The largest absolute Gasteiger partial charge is 0.468 e. The van der Waals surface area contributed by atoms with Gasteiger partial charge in [-0.1, -0.05) is 24.2 Å². The Labute approximate surface area is 128 Å². The molecule has 6 nitrogen and oxygen atoms in total. The summed E-state index contributed by atoms with van der Waals surface area (Å²) in [4.78, 5) is 11.5. The number of ether oxygens (including phenoxy) is 1. The SMILES string of the molecule is COC(=O)C(C)(N)CCCCSc1nnc2ccccn12. The van der Waals surface area contributed by atoms with Gasteiger partial charge in [-0.2, -0.15) is 0 Å². The Balaban J connectivity index is 1.77. The molecule has 0 aliphatic heterocycles. The molecule has 1 atom stereocenters. The Morgan fingerprint density at radius 1 is 1.43 bits per heavy atom. The van der Waals surface area contributed by atoms with Gasteiger partial charge in [0.25, 0.3) is 0 Å². The predicted octanol–water partition coefficient (Wildman–Crippen LogP) is 1.88. The van der Waals surface area contributed by atoms with E-state index in [0.29, 0.717) is 6.42 Å². The summed E-state index contributed by atoms with van der Waals surface area (Å²) in [6.07, 6.45) is 4.38. The fourth-order valence-electron chi connectivity index (χ4n) is 2.01. The molecule has 0 radical (unpaired) electrons. The highest BCUT2D eigenvalue weighted by Crippen LogP contribution is 2.20. The Morgan fingerprint density at radius 2 is 2.24 bits per heavy atom. The first-order valence-corrected chi connectivity index (χ1v) is 7.83. The van der Waals surface area contributed by atoms with Crippen molar-refractivity contribution in [3.05, 3.63) is 24.4 Å². The highest BCUT2D eigenvalue weighted by molar-refractivity contribution is 7.99. The summed E-state index contributed by atoms with van der Waals surface area (Å²) in [5.41, 5.74) is 5.86. The highest BCUT2D eigenvalue weighted by atomic mass is 32.2. The summed E-state index contributed by atoms with van der Waals surface area (Å²) >= 11 is 1.65. The molecule has 1 unspecified atom stereocenters. The van der Waals surface area contributed by atoms with Crippen molar-refractivity contribution in [1.29, 1.82) is 0 Å². The van der Waals surface area contributed by atoms with Crippen LogP contribution >= 0.6 is 11.8 Å². The molecule has 2 aromatic heterocycles. The third kappa shape index (κ3) is 3.95. The molecule has 0 spiro atoms. The molecule has 21 heavy (non-hydrogen) atoms. The van der Waals surface area contributed by atoms with Crippen LogP contribution in [0.5, 0.6) is 0 Å². The molecule has 0 bridgehead atoms. The van der Waals surface area contributed by atoms with Crippen LogP contribution in [0.4, 0.5) is 0 Å². The standard InChI is InChI=1S/C14H20N4O2S/c1-14(15,12(19)20-2)8-4-6-10-21-13-17-16-11-7-3-5-9-18(11)13/h3,5,7,9H,4,6,8,10,15H2,1-2H3. The van der Waals surface area contributed by atoms with Gasteiger partial charge in [0.15, 0.2) is 10.8 Å². The minimum absolute atomic E-state index is 0.362. The fourth-order valence-corrected chi connectivity index (χ4v) is 2.93. The zero-order valence-corrected chi connectivity index (χ0v) is 13.1. The number of unbranched alkanes of at least 4 members (excludes halogenated alkanes) is 1. The number of hydrogen-bond donors (Lipinski definition) is 1. The summed E-state index contributed by atoms with van der Waals surface area (Å²) in [5, 5.41) is 9.15. The maximum absolute atomic E-state index is 11.5. The van der Waals surface area contributed by atoms with Gasteiger partial charge in [-0.15, -0.1) is 10.2 Å². The van der Waals surface area contributed by atoms with Crippen molar-refractivity contribution >= 4 is 23.4 Å². The van der Waals surface area contributed by atoms with Crippen molar-refractivity contribution < 1.29 is 9.53 Å². The lowest BCUT2D eigenvalue weighted by Crippen LogP contribution is -2.45. The van der Waals surface area contributed by atoms with Gasteiger partial charge in [0.1, 0.15) is 5.54 Å². The molecular formula is C14H20N4O2S. The number of hydrogen-bond acceptors (Lipinski definition) is 6. The monoisotopic (exact) mass is 308 g/mol. The van der Waals surface area contributed by atoms with Crippen LogP contribution in [0.3, 0.4) is 0 Å². The molecule has 0 aromatic carbocycles. The van der Waals surface area contributed by atoms with E-state index in [1.165, 1.54) is 7.11 Å². The van der Waals surface area contributed by atoms with Gasteiger partial charge in [-0.3, -0.25) is 9.20 Å². The van der Waals surface area contributed by atoms with Gasteiger partial charge in [0.2, 0.25) is 0 Å². The normalized spacial score (nSPS) is 14.0.